The molecule has 1 N–H and O–H groups in total. The van der Waals surface area contributed by atoms with Crippen LogP contribution in [0.25, 0.3) is 0 Å². The normalized spacial score (nSPS) is 18.4. The highest BCUT2D eigenvalue weighted by molar-refractivity contribution is 9.11. The molecule has 134 valence electrons. The molecule has 1 amide bonds. The maximum absolute atomic E-state index is 12.8. The van der Waals surface area contributed by atoms with Gasteiger partial charge in [0.05, 0.1) is 3.79 Å². The van der Waals surface area contributed by atoms with Crippen LogP contribution < -0.4 is 5.32 Å². The van der Waals surface area contributed by atoms with Crippen molar-refractivity contribution in [2.45, 2.75) is 28.0 Å². The Balaban J connectivity index is 1.77. The molecule has 3 rings (SSSR count). The molecule has 0 saturated carbocycles. The standard InChI is InChI=1S/C16H17BrN2O3S3/c1-23-12-6-4-11(5-7-12)18-16(20)13-3-2-10-19(13)25(21,22)15-9-8-14(17)24-15/h4-9,13H,2-3,10H2,1H3,(H,18,20). The molecular formula is C16H17BrN2O3S3. The summed E-state index contributed by atoms with van der Waals surface area (Å²) in [4.78, 5) is 13.7. The molecule has 1 aromatic heterocycles. The molecule has 1 aromatic carbocycles. The second-order valence-electron chi connectivity index (χ2n) is 5.55. The number of anilines is 1. The van der Waals surface area contributed by atoms with Crippen LogP contribution in [0.5, 0.6) is 0 Å². The van der Waals surface area contributed by atoms with Gasteiger partial charge in [-0.15, -0.1) is 23.1 Å². The Morgan fingerprint density at radius 3 is 2.60 bits per heavy atom. The minimum Gasteiger partial charge on any atom is -0.325 e. The van der Waals surface area contributed by atoms with Crippen LogP contribution in [-0.2, 0) is 14.8 Å². The molecule has 2 aromatic rings. The topological polar surface area (TPSA) is 66.5 Å². The van der Waals surface area contributed by atoms with Crippen molar-refractivity contribution in [3.63, 3.8) is 0 Å². The number of nitrogens with zero attached hydrogens (tertiary/aromatic N) is 1. The summed E-state index contributed by atoms with van der Waals surface area (Å²) in [7, 11) is -3.66. The van der Waals surface area contributed by atoms with Crippen LogP contribution >= 0.6 is 39.0 Å². The van der Waals surface area contributed by atoms with E-state index in [-0.39, 0.29) is 10.1 Å². The summed E-state index contributed by atoms with van der Waals surface area (Å²) in [6, 6.07) is 10.1. The summed E-state index contributed by atoms with van der Waals surface area (Å²) >= 11 is 6.07. The lowest BCUT2D eigenvalue weighted by atomic mass is 10.2. The summed E-state index contributed by atoms with van der Waals surface area (Å²) in [5, 5.41) is 2.83. The lowest BCUT2D eigenvalue weighted by molar-refractivity contribution is -0.119. The predicted molar refractivity (Wildman–Crippen MR) is 106 cm³/mol. The number of benzene rings is 1. The first kappa shape index (κ1) is 18.9. The summed E-state index contributed by atoms with van der Waals surface area (Å²) in [6.45, 7) is 0.362. The predicted octanol–water partition coefficient (Wildman–Crippen LogP) is 4.02. The van der Waals surface area contributed by atoms with Gasteiger partial charge in [0, 0.05) is 17.1 Å². The third kappa shape index (κ3) is 4.11. The van der Waals surface area contributed by atoms with E-state index in [1.807, 2.05) is 30.5 Å². The van der Waals surface area contributed by atoms with E-state index in [0.29, 0.717) is 25.1 Å². The monoisotopic (exact) mass is 460 g/mol. The Morgan fingerprint density at radius 2 is 2.00 bits per heavy atom. The van der Waals surface area contributed by atoms with Gasteiger partial charge in [-0.3, -0.25) is 4.79 Å². The van der Waals surface area contributed by atoms with Gasteiger partial charge >= 0.3 is 0 Å². The first-order valence-electron chi connectivity index (χ1n) is 7.64. The highest BCUT2D eigenvalue weighted by Gasteiger charge is 2.40. The van der Waals surface area contributed by atoms with E-state index in [9.17, 15) is 13.2 Å². The van der Waals surface area contributed by atoms with Gasteiger partial charge in [-0.1, -0.05) is 0 Å². The van der Waals surface area contributed by atoms with E-state index in [1.165, 1.54) is 4.31 Å². The zero-order valence-electron chi connectivity index (χ0n) is 13.4. The van der Waals surface area contributed by atoms with Crippen LogP contribution in [0, 0.1) is 0 Å². The van der Waals surface area contributed by atoms with Crippen molar-refractivity contribution in [1.82, 2.24) is 4.31 Å². The molecule has 9 heteroatoms. The molecule has 25 heavy (non-hydrogen) atoms. The van der Waals surface area contributed by atoms with Crippen molar-refractivity contribution >= 4 is 60.6 Å². The van der Waals surface area contributed by atoms with Crippen LogP contribution in [0.3, 0.4) is 0 Å². The van der Waals surface area contributed by atoms with Crippen molar-refractivity contribution < 1.29 is 13.2 Å². The van der Waals surface area contributed by atoms with Crippen molar-refractivity contribution in [3.05, 3.63) is 40.2 Å². The van der Waals surface area contributed by atoms with E-state index in [4.69, 9.17) is 0 Å². The van der Waals surface area contributed by atoms with Crippen LogP contribution in [-0.4, -0.2) is 37.5 Å². The van der Waals surface area contributed by atoms with E-state index in [2.05, 4.69) is 21.2 Å². The van der Waals surface area contributed by atoms with E-state index in [0.717, 1.165) is 20.0 Å². The van der Waals surface area contributed by atoms with Crippen molar-refractivity contribution in [2.24, 2.45) is 0 Å². The molecule has 0 spiro atoms. The number of thiophene rings is 1. The highest BCUT2D eigenvalue weighted by atomic mass is 79.9. The van der Waals surface area contributed by atoms with Gasteiger partial charge in [0.15, 0.2) is 0 Å². The number of nitrogens with one attached hydrogen (secondary N) is 1. The van der Waals surface area contributed by atoms with Crippen LogP contribution in [0.15, 0.2) is 49.3 Å². The lowest BCUT2D eigenvalue weighted by Gasteiger charge is -2.22. The molecule has 2 heterocycles. The molecule has 0 aliphatic carbocycles. The third-order valence-corrected chi connectivity index (χ3v) is 8.72. The first-order valence-corrected chi connectivity index (χ1v) is 11.9. The van der Waals surface area contributed by atoms with Gasteiger partial charge in [-0.25, -0.2) is 8.42 Å². The molecule has 1 aliphatic rings. The smallest absolute Gasteiger partial charge is 0.253 e. The molecule has 1 unspecified atom stereocenters. The number of thioether (sulfide) groups is 1. The molecule has 1 fully saturated rings. The first-order chi connectivity index (χ1) is 11.9. The molecule has 1 atom stereocenters. The maximum atomic E-state index is 12.8. The number of carbonyl (C=O) groups excluding carboxylic acids is 1. The second-order valence-corrected chi connectivity index (χ2v) is 11.0. The lowest BCUT2D eigenvalue weighted by Crippen LogP contribution is -2.42. The molecular weight excluding hydrogens is 444 g/mol. The zero-order chi connectivity index (χ0) is 18.0. The van der Waals surface area contributed by atoms with Crippen molar-refractivity contribution in [3.8, 4) is 0 Å². The van der Waals surface area contributed by atoms with Gasteiger partial charge in [0.2, 0.25) is 5.91 Å². The van der Waals surface area contributed by atoms with Gasteiger partial charge in [0.25, 0.3) is 10.0 Å². The number of rotatable bonds is 5. The quantitative estimate of drug-likeness (QED) is 0.683. The molecule has 1 saturated heterocycles. The number of hydrogen-bond acceptors (Lipinski definition) is 5. The minimum atomic E-state index is -3.66. The Labute approximate surface area is 164 Å². The largest absolute Gasteiger partial charge is 0.325 e. The fourth-order valence-electron chi connectivity index (χ4n) is 2.74. The minimum absolute atomic E-state index is 0.253. The second kappa shape index (κ2) is 7.79. The maximum Gasteiger partial charge on any atom is 0.253 e. The van der Waals surface area contributed by atoms with E-state index >= 15 is 0 Å². The number of amides is 1. The fraction of sp³-hybridized carbons (Fsp3) is 0.312. The van der Waals surface area contributed by atoms with Gasteiger partial charge < -0.3 is 5.32 Å². The molecule has 0 bridgehead atoms. The van der Waals surface area contributed by atoms with Crippen molar-refractivity contribution in [1.29, 1.82) is 0 Å². The van der Waals surface area contributed by atoms with E-state index < -0.39 is 16.1 Å². The van der Waals surface area contributed by atoms with Crippen LogP contribution in [0.2, 0.25) is 0 Å². The van der Waals surface area contributed by atoms with Gasteiger partial charge in [-0.2, -0.15) is 4.31 Å². The number of carbonyl (C=O) groups is 1. The van der Waals surface area contributed by atoms with Gasteiger partial charge in [-0.05, 0) is 71.4 Å². The Morgan fingerprint density at radius 1 is 1.28 bits per heavy atom. The average Bonchev–Trinajstić information content (AvgIpc) is 3.25. The number of hydrogen-bond donors (Lipinski definition) is 1. The summed E-state index contributed by atoms with van der Waals surface area (Å²) < 4.78 is 28.0. The molecule has 0 radical (unpaired) electrons. The Hall–Kier alpha value is -0.870. The van der Waals surface area contributed by atoms with E-state index in [1.54, 1.807) is 23.9 Å². The summed E-state index contributed by atoms with van der Waals surface area (Å²) in [6.07, 6.45) is 3.19. The zero-order valence-corrected chi connectivity index (χ0v) is 17.5. The van der Waals surface area contributed by atoms with Crippen LogP contribution in [0.1, 0.15) is 12.8 Å². The average molecular weight is 461 g/mol. The van der Waals surface area contributed by atoms with Gasteiger partial charge in [0.1, 0.15) is 10.3 Å². The molecule has 1 aliphatic heterocycles. The van der Waals surface area contributed by atoms with Crippen molar-refractivity contribution in [2.75, 3.05) is 18.1 Å². The SMILES string of the molecule is CSc1ccc(NC(=O)C2CCCN2S(=O)(=O)c2ccc(Br)s2)cc1. The summed E-state index contributed by atoms with van der Waals surface area (Å²) in [5.41, 5.74) is 0.672. The number of halogens is 1. The Kier molecular flexibility index (Phi) is 5.89. The molecule has 5 nitrogen and oxygen atoms in total. The third-order valence-electron chi connectivity index (χ3n) is 3.98. The Bertz CT molecular complexity index is 865. The summed E-state index contributed by atoms with van der Waals surface area (Å²) in [5.74, 6) is -0.284. The van der Waals surface area contributed by atoms with Crippen LogP contribution in [0.4, 0.5) is 5.69 Å². The number of sulfonamides is 1. The fourth-order valence-corrected chi connectivity index (χ4v) is 6.95. The highest BCUT2D eigenvalue weighted by Crippen LogP contribution is 2.32.